The van der Waals surface area contributed by atoms with Crippen molar-refractivity contribution in [3.8, 4) is 0 Å². The third kappa shape index (κ3) is 3.30. The van der Waals surface area contributed by atoms with Gasteiger partial charge in [0.15, 0.2) is 0 Å². The van der Waals surface area contributed by atoms with Crippen LogP contribution in [0.5, 0.6) is 0 Å². The molecule has 0 radical (unpaired) electrons. The van der Waals surface area contributed by atoms with Gasteiger partial charge in [0.2, 0.25) is 5.95 Å². The fraction of sp³-hybridized carbons (Fsp3) is 0.238. The number of carbonyl (C=O) groups is 1. The Hall–Kier alpha value is -3.33. The molecule has 1 aliphatic heterocycles. The molecule has 4 aromatic rings. The van der Waals surface area contributed by atoms with Crippen LogP contribution in [0.1, 0.15) is 29.4 Å². The Morgan fingerprint density at radius 1 is 1.23 bits per heavy atom. The molecule has 9 heteroatoms. The lowest BCUT2D eigenvalue weighted by atomic mass is 10.1. The SMILES string of the molecule is CCC[C@H]1CNc2c(sc3ccc4nc(Nc5cc(F)ncn5)ccc4c23)C(=O)N1. The highest BCUT2D eigenvalue weighted by atomic mass is 32.1. The Balaban J connectivity index is 1.56. The molecule has 0 saturated carbocycles. The van der Waals surface area contributed by atoms with Crippen molar-refractivity contribution in [2.75, 3.05) is 17.2 Å². The molecule has 1 aliphatic rings. The Labute approximate surface area is 175 Å². The van der Waals surface area contributed by atoms with Crippen molar-refractivity contribution >= 4 is 55.6 Å². The van der Waals surface area contributed by atoms with Crippen molar-refractivity contribution in [3.05, 3.63) is 47.5 Å². The zero-order valence-corrected chi connectivity index (χ0v) is 17.0. The maximum atomic E-state index is 13.3. The molecular weight excluding hydrogens is 403 g/mol. The number of nitrogens with zero attached hydrogens (tertiary/aromatic N) is 3. The highest BCUT2D eigenvalue weighted by Crippen LogP contribution is 2.41. The molecule has 30 heavy (non-hydrogen) atoms. The van der Waals surface area contributed by atoms with Gasteiger partial charge in [0.05, 0.1) is 11.2 Å². The number of halogens is 1. The van der Waals surface area contributed by atoms with Gasteiger partial charge in [-0.1, -0.05) is 13.3 Å². The zero-order chi connectivity index (χ0) is 20.7. The molecule has 7 nitrogen and oxygen atoms in total. The minimum absolute atomic E-state index is 0.0279. The van der Waals surface area contributed by atoms with Gasteiger partial charge in [-0.25, -0.2) is 15.0 Å². The lowest BCUT2D eigenvalue weighted by molar-refractivity contribution is 0.0944. The van der Waals surface area contributed by atoms with Gasteiger partial charge in [-0.3, -0.25) is 4.79 Å². The molecule has 0 aliphatic carbocycles. The Morgan fingerprint density at radius 3 is 2.97 bits per heavy atom. The maximum absolute atomic E-state index is 13.3. The van der Waals surface area contributed by atoms with E-state index in [9.17, 15) is 9.18 Å². The largest absolute Gasteiger partial charge is 0.381 e. The second-order valence-electron chi connectivity index (χ2n) is 7.20. The fourth-order valence-electron chi connectivity index (χ4n) is 3.78. The van der Waals surface area contributed by atoms with Crippen molar-refractivity contribution in [1.29, 1.82) is 0 Å². The van der Waals surface area contributed by atoms with Crippen LogP contribution in [0.3, 0.4) is 0 Å². The number of hydrogen-bond donors (Lipinski definition) is 3. The topological polar surface area (TPSA) is 91.8 Å². The first-order valence-electron chi connectivity index (χ1n) is 9.78. The lowest BCUT2D eigenvalue weighted by Crippen LogP contribution is -2.36. The van der Waals surface area contributed by atoms with Gasteiger partial charge in [0.1, 0.15) is 22.8 Å². The van der Waals surface area contributed by atoms with E-state index in [4.69, 9.17) is 0 Å². The number of amides is 1. The number of fused-ring (bicyclic) bond motifs is 5. The van der Waals surface area contributed by atoms with E-state index >= 15 is 0 Å². The number of thiophene rings is 1. The number of rotatable bonds is 4. The minimum atomic E-state index is -0.610. The van der Waals surface area contributed by atoms with E-state index in [0.717, 1.165) is 45.8 Å². The predicted octanol–water partition coefficient (Wildman–Crippen LogP) is 4.45. The van der Waals surface area contributed by atoms with Gasteiger partial charge in [-0.05, 0) is 30.7 Å². The Morgan fingerprint density at radius 2 is 2.13 bits per heavy atom. The summed E-state index contributed by atoms with van der Waals surface area (Å²) in [5.74, 6) is 0.247. The summed E-state index contributed by atoms with van der Waals surface area (Å²) in [4.78, 5) is 25.6. The van der Waals surface area contributed by atoms with E-state index in [-0.39, 0.29) is 11.9 Å². The molecule has 152 valence electrons. The summed E-state index contributed by atoms with van der Waals surface area (Å²) in [5.41, 5.74) is 1.65. The van der Waals surface area contributed by atoms with Gasteiger partial charge < -0.3 is 16.0 Å². The molecule has 1 aromatic carbocycles. The van der Waals surface area contributed by atoms with E-state index < -0.39 is 5.95 Å². The number of nitrogens with one attached hydrogen (secondary N) is 3. The number of carbonyl (C=O) groups excluding carboxylic acids is 1. The summed E-state index contributed by atoms with van der Waals surface area (Å²) in [5, 5.41) is 11.6. The first-order chi connectivity index (χ1) is 14.6. The summed E-state index contributed by atoms with van der Waals surface area (Å²) >= 11 is 1.49. The van der Waals surface area contributed by atoms with Crippen LogP contribution in [0, 0.1) is 5.95 Å². The van der Waals surface area contributed by atoms with Crippen molar-refractivity contribution in [3.63, 3.8) is 0 Å². The molecular formula is C21H19FN6OS. The molecule has 1 atom stereocenters. The van der Waals surface area contributed by atoms with Crippen molar-refractivity contribution in [2.24, 2.45) is 0 Å². The first kappa shape index (κ1) is 18.7. The molecule has 0 unspecified atom stereocenters. The van der Waals surface area contributed by atoms with Crippen molar-refractivity contribution in [2.45, 2.75) is 25.8 Å². The summed E-state index contributed by atoms with van der Waals surface area (Å²) in [6.07, 6.45) is 3.11. The smallest absolute Gasteiger partial charge is 0.263 e. The quantitative estimate of drug-likeness (QED) is 0.421. The van der Waals surface area contributed by atoms with Gasteiger partial charge in [-0.15, -0.1) is 11.3 Å². The monoisotopic (exact) mass is 422 g/mol. The highest BCUT2D eigenvalue weighted by molar-refractivity contribution is 7.21. The van der Waals surface area contributed by atoms with E-state index in [1.807, 2.05) is 24.3 Å². The molecule has 0 fully saturated rings. The maximum Gasteiger partial charge on any atom is 0.263 e. The lowest BCUT2D eigenvalue weighted by Gasteiger charge is -2.15. The van der Waals surface area contributed by atoms with Crippen LogP contribution in [-0.2, 0) is 0 Å². The number of pyridine rings is 1. The summed E-state index contributed by atoms with van der Waals surface area (Å²) in [7, 11) is 0. The molecule has 0 saturated heterocycles. The average molecular weight is 422 g/mol. The van der Waals surface area contributed by atoms with E-state index in [2.05, 4.69) is 37.8 Å². The minimum Gasteiger partial charge on any atom is -0.381 e. The third-order valence-corrected chi connectivity index (χ3v) is 6.27. The summed E-state index contributed by atoms with van der Waals surface area (Å²) in [6, 6.07) is 9.03. The second-order valence-corrected chi connectivity index (χ2v) is 8.25. The molecule has 0 bridgehead atoms. The summed E-state index contributed by atoms with van der Waals surface area (Å²) < 4.78 is 14.3. The third-order valence-electron chi connectivity index (χ3n) is 5.12. The molecule has 0 spiro atoms. The standard InChI is InChI=1S/C21H19FN6OS/c1-2-3-11-9-23-19-18-12-4-7-16(28-17-8-15(22)24-10-25-17)27-13(12)5-6-14(18)30-20(19)21(29)26-11/h4-8,10-11,23H,2-3,9H2,1H3,(H,26,29)(H,24,25,27,28)/t11-/m0/s1. The van der Waals surface area contributed by atoms with Crippen LogP contribution in [0.15, 0.2) is 36.7 Å². The zero-order valence-electron chi connectivity index (χ0n) is 16.2. The molecule has 1 amide bonds. The van der Waals surface area contributed by atoms with Gasteiger partial charge in [0.25, 0.3) is 5.91 Å². The normalized spacial score (nSPS) is 16.1. The highest BCUT2D eigenvalue weighted by Gasteiger charge is 2.26. The Bertz CT molecular complexity index is 1270. The molecule has 5 rings (SSSR count). The van der Waals surface area contributed by atoms with Crippen LogP contribution in [-0.4, -0.2) is 33.4 Å². The van der Waals surface area contributed by atoms with Crippen LogP contribution < -0.4 is 16.0 Å². The van der Waals surface area contributed by atoms with Crippen molar-refractivity contribution < 1.29 is 9.18 Å². The van der Waals surface area contributed by atoms with Gasteiger partial charge in [0, 0.05) is 34.1 Å². The second kappa shape index (κ2) is 7.49. The predicted molar refractivity (Wildman–Crippen MR) is 117 cm³/mol. The Kier molecular flexibility index (Phi) is 4.66. The number of anilines is 3. The molecule has 4 heterocycles. The van der Waals surface area contributed by atoms with Gasteiger partial charge in [-0.2, -0.15) is 4.39 Å². The number of benzene rings is 1. The summed E-state index contributed by atoms with van der Waals surface area (Å²) in [6.45, 7) is 2.81. The van der Waals surface area contributed by atoms with Crippen LogP contribution in [0.25, 0.3) is 21.0 Å². The van der Waals surface area contributed by atoms with Crippen molar-refractivity contribution in [1.82, 2.24) is 20.3 Å². The van der Waals surface area contributed by atoms with Gasteiger partial charge >= 0.3 is 0 Å². The van der Waals surface area contributed by atoms with E-state index in [1.165, 1.54) is 17.4 Å². The van der Waals surface area contributed by atoms with E-state index in [1.54, 1.807) is 0 Å². The fourth-order valence-corrected chi connectivity index (χ4v) is 4.88. The number of hydrogen-bond acceptors (Lipinski definition) is 7. The van der Waals surface area contributed by atoms with Crippen LogP contribution >= 0.6 is 11.3 Å². The van der Waals surface area contributed by atoms with Crippen LogP contribution in [0.2, 0.25) is 0 Å². The molecule has 3 aromatic heterocycles. The molecule has 3 N–H and O–H groups in total. The average Bonchev–Trinajstić information content (AvgIpc) is 3.04. The van der Waals surface area contributed by atoms with E-state index in [0.29, 0.717) is 23.1 Å². The first-order valence-corrected chi connectivity index (χ1v) is 10.6. The number of aromatic nitrogens is 3. The van der Waals surface area contributed by atoms with Crippen LogP contribution in [0.4, 0.5) is 21.7 Å².